The van der Waals surface area contributed by atoms with Crippen molar-refractivity contribution in [3.8, 4) is 22.9 Å². The molecule has 5 nitrogen and oxygen atoms in total. The molecule has 0 amide bonds. The SMILES string of the molecule is CCc1occc1-c1nc2cc3c(cc2[nH]1)OCCO3. The lowest BCUT2D eigenvalue weighted by atomic mass is 10.2. The highest BCUT2D eigenvalue weighted by Crippen LogP contribution is 2.35. The quantitative estimate of drug-likeness (QED) is 0.777. The molecule has 0 radical (unpaired) electrons. The number of fused-ring (bicyclic) bond motifs is 2. The molecular formula is C15H14N2O3. The molecule has 2 aromatic heterocycles. The predicted octanol–water partition coefficient (Wildman–Crippen LogP) is 3.16. The number of hydrogen-bond donors (Lipinski definition) is 1. The van der Waals surface area contributed by atoms with E-state index in [0.717, 1.165) is 46.1 Å². The highest BCUT2D eigenvalue weighted by molar-refractivity contribution is 5.83. The Labute approximate surface area is 115 Å². The normalized spacial score (nSPS) is 13.8. The first-order valence-corrected chi connectivity index (χ1v) is 6.71. The van der Waals surface area contributed by atoms with Crippen molar-refractivity contribution in [3.63, 3.8) is 0 Å². The minimum absolute atomic E-state index is 0.581. The summed E-state index contributed by atoms with van der Waals surface area (Å²) in [7, 11) is 0. The molecule has 0 unspecified atom stereocenters. The lowest BCUT2D eigenvalue weighted by Gasteiger charge is -2.17. The first kappa shape index (κ1) is 11.4. The zero-order chi connectivity index (χ0) is 13.5. The summed E-state index contributed by atoms with van der Waals surface area (Å²) in [5.41, 5.74) is 2.81. The number of imidazole rings is 1. The number of nitrogens with zero attached hydrogens (tertiary/aromatic N) is 1. The summed E-state index contributed by atoms with van der Waals surface area (Å²) in [6.07, 6.45) is 2.53. The zero-order valence-electron chi connectivity index (χ0n) is 11.1. The summed E-state index contributed by atoms with van der Waals surface area (Å²) < 4.78 is 16.6. The number of rotatable bonds is 2. The number of furan rings is 1. The summed E-state index contributed by atoms with van der Waals surface area (Å²) in [6.45, 7) is 3.23. The maximum atomic E-state index is 5.59. The second-order valence-corrected chi connectivity index (χ2v) is 4.71. The van der Waals surface area contributed by atoms with Gasteiger partial charge in [0, 0.05) is 18.6 Å². The fourth-order valence-corrected chi connectivity index (χ4v) is 2.50. The predicted molar refractivity (Wildman–Crippen MR) is 74.2 cm³/mol. The summed E-state index contributed by atoms with van der Waals surface area (Å²) in [4.78, 5) is 7.94. The van der Waals surface area contributed by atoms with Gasteiger partial charge < -0.3 is 18.9 Å². The third-order valence-electron chi connectivity index (χ3n) is 3.47. The van der Waals surface area contributed by atoms with Gasteiger partial charge in [0.15, 0.2) is 11.5 Å². The Kier molecular flexibility index (Phi) is 2.45. The van der Waals surface area contributed by atoms with Crippen LogP contribution in [0.1, 0.15) is 12.7 Å². The minimum Gasteiger partial charge on any atom is -0.486 e. The van der Waals surface area contributed by atoms with Crippen LogP contribution in [0.3, 0.4) is 0 Å². The third kappa shape index (κ3) is 1.66. The van der Waals surface area contributed by atoms with E-state index in [1.165, 1.54) is 0 Å². The van der Waals surface area contributed by atoms with E-state index >= 15 is 0 Å². The van der Waals surface area contributed by atoms with Crippen LogP contribution in [-0.4, -0.2) is 23.2 Å². The molecule has 0 fully saturated rings. The Morgan fingerprint density at radius 1 is 1.20 bits per heavy atom. The van der Waals surface area contributed by atoms with Gasteiger partial charge in [-0.1, -0.05) is 6.92 Å². The van der Waals surface area contributed by atoms with Crippen LogP contribution >= 0.6 is 0 Å². The number of aryl methyl sites for hydroxylation is 1. The fourth-order valence-electron chi connectivity index (χ4n) is 2.50. The standard InChI is InChI=1S/C15H14N2O3/c1-2-12-9(3-4-18-12)15-16-10-7-13-14(8-11(10)17-15)20-6-5-19-13/h3-4,7-8H,2,5-6H2,1H3,(H,16,17). The smallest absolute Gasteiger partial charge is 0.163 e. The second kappa shape index (κ2) is 4.30. The number of benzene rings is 1. The molecule has 0 bridgehead atoms. The average molecular weight is 270 g/mol. The van der Waals surface area contributed by atoms with Crippen LogP contribution in [0, 0.1) is 0 Å². The van der Waals surface area contributed by atoms with Crippen molar-refractivity contribution < 1.29 is 13.9 Å². The second-order valence-electron chi connectivity index (χ2n) is 4.71. The highest BCUT2D eigenvalue weighted by atomic mass is 16.6. The van der Waals surface area contributed by atoms with Crippen LogP contribution in [0.2, 0.25) is 0 Å². The number of nitrogens with one attached hydrogen (secondary N) is 1. The van der Waals surface area contributed by atoms with Crippen LogP contribution in [0.25, 0.3) is 22.4 Å². The molecule has 3 aromatic rings. The molecule has 0 atom stereocenters. The minimum atomic E-state index is 0.581. The molecule has 5 heteroatoms. The van der Waals surface area contributed by atoms with E-state index in [-0.39, 0.29) is 0 Å². The van der Waals surface area contributed by atoms with Gasteiger partial charge >= 0.3 is 0 Å². The number of ether oxygens (including phenoxy) is 2. The first-order valence-electron chi connectivity index (χ1n) is 6.71. The molecule has 3 heterocycles. The van der Waals surface area contributed by atoms with Gasteiger partial charge in [-0.2, -0.15) is 0 Å². The molecule has 1 aliphatic heterocycles. The highest BCUT2D eigenvalue weighted by Gasteiger charge is 2.16. The van der Waals surface area contributed by atoms with Crippen LogP contribution < -0.4 is 9.47 Å². The largest absolute Gasteiger partial charge is 0.486 e. The molecule has 0 spiro atoms. The van der Waals surface area contributed by atoms with Gasteiger partial charge in [0.25, 0.3) is 0 Å². The van der Waals surface area contributed by atoms with E-state index in [4.69, 9.17) is 13.9 Å². The van der Waals surface area contributed by atoms with Gasteiger partial charge in [-0.15, -0.1) is 0 Å². The van der Waals surface area contributed by atoms with Crippen LogP contribution in [0.15, 0.2) is 28.9 Å². The Morgan fingerprint density at radius 2 is 2.00 bits per heavy atom. The Hall–Kier alpha value is -2.43. The third-order valence-corrected chi connectivity index (χ3v) is 3.47. The Bertz CT molecular complexity index is 730. The monoisotopic (exact) mass is 270 g/mol. The summed E-state index contributed by atoms with van der Waals surface area (Å²) in [6, 6.07) is 5.78. The fraction of sp³-hybridized carbons (Fsp3) is 0.267. The topological polar surface area (TPSA) is 60.3 Å². The van der Waals surface area contributed by atoms with Crippen molar-refractivity contribution in [2.75, 3.05) is 13.2 Å². The summed E-state index contributed by atoms with van der Waals surface area (Å²) in [5.74, 6) is 3.26. The van der Waals surface area contributed by atoms with E-state index in [1.807, 2.05) is 18.2 Å². The molecule has 1 aliphatic rings. The molecule has 1 aromatic carbocycles. The Morgan fingerprint density at radius 3 is 2.80 bits per heavy atom. The molecule has 0 saturated heterocycles. The van der Waals surface area contributed by atoms with Crippen molar-refractivity contribution in [1.29, 1.82) is 0 Å². The first-order chi connectivity index (χ1) is 9.85. The molecule has 4 rings (SSSR count). The lowest BCUT2D eigenvalue weighted by molar-refractivity contribution is 0.172. The maximum Gasteiger partial charge on any atom is 0.163 e. The Balaban J connectivity index is 1.86. The zero-order valence-corrected chi connectivity index (χ0v) is 11.1. The molecule has 0 aliphatic carbocycles. The van der Waals surface area contributed by atoms with Crippen molar-refractivity contribution in [2.24, 2.45) is 0 Å². The van der Waals surface area contributed by atoms with E-state index in [2.05, 4.69) is 16.9 Å². The molecule has 102 valence electrons. The van der Waals surface area contributed by atoms with E-state index < -0.39 is 0 Å². The van der Waals surface area contributed by atoms with Crippen LogP contribution in [0.4, 0.5) is 0 Å². The van der Waals surface area contributed by atoms with Gasteiger partial charge in [0.2, 0.25) is 0 Å². The van der Waals surface area contributed by atoms with Crippen molar-refractivity contribution >= 4 is 11.0 Å². The lowest BCUT2D eigenvalue weighted by Crippen LogP contribution is -2.15. The van der Waals surface area contributed by atoms with Gasteiger partial charge in [-0.3, -0.25) is 0 Å². The number of aromatic nitrogens is 2. The summed E-state index contributed by atoms with van der Waals surface area (Å²) in [5, 5.41) is 0. The average Bonchev–Trinajstić information content (AvgIpc) is 3.10. The molecule has 0 saturated carbocycles. The molecular weight excluding hydrogens is 256 g/mol. The van der Waals surface area contributed by atoms with Gasteiger partial charge in [-0.05, 0) is 6.07 Å². The van der Waals surface area contributed by atoms with Crippen LogP contribution in [-0.2, 0) is 6.42 Å². The van der Waals surface area contributed by atoms with Gasteiger partial charge in [0.05, 0.1) is 22.9 Å². The number of H-pyrrole nitrogens is 1. The van der Waals surface area contributed by atoms with Crippen molar-refractivity contribution in [2.45, 2.75) is 13.3 Å². The molecule has 1 N–H and O–H groups in total. The van der Waals surface area contributed by atoms with E-state index in [1.54, 1.807) is 6.26 Å². The van der Waals surface area contributed by atoms with Crippen molar-refractivity contribution in [1.82, 2.24) is 9.97 Å². The maximum absolute atomic E-state index is 5.59. The van der Waals surface area contributed by atoms with Gasteiger partial charge in [-0.25, -0.2) is 4.98 Å². The molecule has 20 heavy (non-hydrogen) atoms. The van der Waals surface area contributed by atoms with Crippen molar-refractivity contribution in [3.05, 3.63) is 30.2 Å². The van der Waals surface area contributed by atoms with E-state index in [0.29, 0.717) is 13.2 Å². The van der Waals surface area contributed by atoms with Crippen LogP contribution in [0.5, 0.6) is 11.5 Å². The van der Waals surface area contributed by atoms with Gasteiger partial charge in [0.1, 0.15) is 24.8 Å². The number of aromatic amines is 1. The number of hydrogen-bond acceptors (Lipinski definition) is 4. The van der Waals surface area contributed by atoms with E-state index in [9.17, 15) is 0 Å². The summed E-state index contributed by atoms with van der Waals surface area (Å²) >= 11 is 0.